The number of benzene rings is 1. The van der Waals surface area contributed by atoms with Crippen LogP contribution in [0.15, 0.2) is 35.1 Å². The van der Waals surface area contributed by atoms with Gasteiger partial charge in [0.1, 0.15) is 19.0 Å². The molecule has 0 saturated carbocycles. The van der Waals surface area contributed by atoms with Crippen molar-refractivity contribution in [2.75, 3.05) is 18.9 Å². The van der Waals surface area contributed by atoms with E-state index >= 15 is 0 Å². The first kappa shape index (κ1) is 12.1. The van der Waals surface area contributed by atoms with Crippen LogP contribution in [0, 0.1) is 0 Å². The maximum absolute atomic E-state index is 5.94. The highest BCUT2D eigenvalue weighted by molar-refractivity contribution is 9.10. The lowest BCUT2D eigenvalue weighted by molar-refractivity contribution is 0.171. The molecular weight excluding hydrogens is 312 g/mol. The summed E-state index contributed by atoms with van der Waals surface area (Å²) in [6.07, 6.45) is 3.29. The van der Waals surface area contributed by atoms with Gasteiger partial charge in [-0.05, 0) is 22.0 Å². The average Bonchev–Trinajstić information content (AvgIpc) is 2.40. The van der Waals surface area contributed by atoms with Crippen LogP contribution in [0.3, 0.4) is 0 Å². The first-order valence-corrected chi connectivity index (χ1v) is 6.49. The molecule has 0 bridgehead atoms. The summed E-state index contributed by atoms with van der Waals surface area (Å²) in [5, 5.41) is 0. The highest BCUT2D eigenvalue weighted by Gasteiger charge is 2.15. The molecule has 19 heavy (non-hydrogen) atoms. The summed E-state index contributed by atoms with van der Waals surface area (Å²) in [5.41, 5.74) is 6.43. The van der Waals surface area contributed by atoms with E-state index < -0.39 is 0 Å². The summed E-state index contributed by atoms with van der Waals surface area (Å²) >= 11 is 3.34. The van der Waals surface area contributed by atoms with Crippen molar-refractivity contribution in [3.63, 3.8) is 0 Å². The number of aromatic nitrogens is 1. The highest BCUT2D eigenvalue weighted by atomic mass is 79.9. The maximum atomic E-state index is 5.94. The smallest absolute Gasteiger partial charge is 0.165 e. The second-order valence-electron chi connectivity index (χ2n) is 3.97. The SMILES string of the molecule is Nc1cc2c(cc1Oc1cncc(Br)c1)OCCO2. The fourth-order valence-electron chi connectivity index (χ4n) is 1.75. The molecule has 0 spiro atoms. The Bertz CT molecular complexity index is 619. The molecule has 0 atom stereocenters. The number of ether oxygens (including phenoxy) is 3. The van der Waals surface area contributed by atoms with Gasteiger partial charge in [0.2, 0.25) is 0 Å². The quantitative estimate of drug-likeness (QED) is 0.861. The number of pyridine rings is 1. The number of nitrogen functional groups attached to an aromatic ring is 1. The van der Waals surface area contributed by atoms with Crippen LogP contribution in [0.2, 0.25) is 0 Å². The van der Waals surface area contributed by atoms with E-state index in [1.54, 1.807) is 24.5 Å². The monoisotopic (exact) mass is 322 g/mol. The molecule has 2 aromatic rings. The largest absolute Gasteiger partial charge is 0.486 e. The normalized spacial score (nSPS) is 13.1. The van der Waals surface area contributed by atoms with Crippen LogP contribution < -0.4 is 19.9 Å². The molecule has 3 rings (SSSR count). The molecule has 0 radical (unpaired) electrons. The zero-order valence-electron chi connectivity index (χ0n) is 9.93. The van der Waals surface area contributed by atoms with Crippen molar-refractivity contribution in [1.29, 1.82) is 0 Å². The van der Waals surface area contributed by atoms with Gasteiger partial charge < -0.3 is 19.9 Å². The Morgan fingerprint density at radius 1 is 1.11 bits per heavy atom. The number of hydrogen-bond donors (Lipinski definition) is 1. The molecule has 0 aliphatic carbocycles. The van der Waals surface area contributed by atoms with Crippen molar-refractivity contribution in [1.82, 2.24) is 4.98 Å². The third-order valence-corrected chi connectivity index (χ3v) is 3.02. The zero-order valence-corrected chi connectivity index (χ0v) is 11.5. The number of anilines is 1. The Balaban J connectivity index is 1.92. The summed E-state index contributed by atoms with van der Waals surface area (Å²) in [5.74, 6) is 2.39. The second-order valence-corrected chi connectivity index (χ2v) is 4.89. The van der Waals surface area contributed by atoms with E-state index in [1.165, 1.54) is 0 Å². The summed E-state index contributed by atoms with van der Waals surface area (Å²) in [6.45, 7) is 1.05. The van der Waals surface area contributed by atoms with Crippen molar-refractivity contribution in [3.8, 4) is 23.0 Å². The lowest BCUT2D eigenvalue weighted by atomic mass is 10.2. The molecule has 98 valence electrons. The Morgan fingerprint density at radius 3 is 2.58 bits per heavy atom. The van der Waals surface area contributed by atoms with Crippen molar-refractivity contribution in [3.05, 3.63) is 35.1 Å². The van der Waals surface area contributed by atoms with Crippen LogP contribution in [-0.4, -0.2) is 18.2 Å². The van der Waals surface area contributed by atoms with E-state index in [-0.39, 0.29) is 0 Å². The van der Waals surface area contributed by atoms with E-state index in [0.717, 1.165) is 4.47 Å². The Morgan fingerprint density at radius 2 is 1.84 bits per heavy atom. The molecule has 1 aromatic heterocycles. The Hall–Kier alpha value is -1.95. The predicted octanol–water partition coefficient (Wildman–Crippen LogP) is 2.99. The van der Waals surface area contributed by atoms with Crippen LogP contribution in [0.5, 0.6) is 23.0 Å². The van der Waals surface area contributed by atoms with Gasteiger partial charge in [0.15, 0.2) is 17.2 Å². The van der Waals surface area contributed by atoms with Gasteiger partial charge in [0, 0.05) is 22.8 Å². The summed E-state index contributed by atoms with van der Waals surface area (Å²) in [4.78, 5) is 4.03. The molecule has 0 amide bonds. The van der Waals surface area contributed by atoms with Crippen LogP contribution in [0.4, 0.5) is 5.69 Å². The topological polar surface area (TPSA) is 66.6 Å². The van der Waals surface area contributed by atoms with E-state index in [2.05, 4.69) is 20.9 Å². The number of nitrogens with zero attached hydrogens (tertiary/aromatic N) is 1. The number of nitrogens with two attached hydrogens (primary N) is 1. The van der Waals surface area contributed by atoms with Gasteiger partial charge in [-0.1, -0.05) is 0 Å². The fourth-order valence-corrected chi connectivity index (χ4v) is 2.09. The van der Waals surface area contributed by atoms with Crippen molar-refractivity contribution in [2.24, 2.45) is 0 Å². The minimum Gasteiger partial charge on any atom is -0.486 e. The zero-order chi connectivity index (χ0) is 13.2. The molecule has 2 heterocycles. The minimum atomic E-state index is 0.490. The van der Waals surface area contributed by atoms with Gasteiger partial charge in [-0.15, -0.1) is 0 Å². The minimum absolute atomic E-state index is 0.490. The molecule has 5 nitrogen and oxygen atoms in total. The van der Waals surface area contributed by atoms with E-state index in [9.17, 15) is 0 Å². The first-order valence-electron chi connectivity index (χ1n) is 5.70. The predicted molar refractivity (Wildman–Crippen MR) is 73.9 cm³/mol. The van der Waals surface area contributed by atoms with Crippen molar-refractivity contribution < 1.29 is 14.2 Å². The third-order valence-electron chi connectivity index (χ3n) is 2.58. The van der Waals surface area contributed by atoms with Crippen molar-refractivity contribution >= 4 is 21.6 Å². The summed E-state index contributed by atoms with van der Waals surface area (Å²) in [6, 6.07) is 5.24. The standard InChI is InChI=1S/C13H11BrN2O3/c14-8-3-9(7-16-6-8)19-11-5-13-12(4-10(11)15)17-1-2-18-13/h3-7H,1-2,15H2. The fraction of sp³-hybridized carbons (Fsp3) is 0.154. The molecule has 1 aliphatic rings. The van der Waals surface area contributed by atoms with Crippen LogP contribution in [0.25, 0.3) is 0 Å². The Labute approximate surface area is 118 Å². The second kappa shape index (κ2) is 4.97. The number of halogens is 1. The highest BCUT2D eigenvalue weighted by Crippen LogP contribution is 2.39. The Kier molecular flexibility index (Phi) is 3.16. The lowest BCUT2D eigenvalue weighted by Gasteiger charge is -2.20. The summed E-state index contributed by atoms with van der Waals surface area (Å²) in [7, 11) is 0. The van der Waals surface area contributed by atoms with Gasteiger partial charge in [-0.25, -0.2) is 0 Å². The van der Waals surface area contributed by atoms with E-state index in [1.807, 2.05) is 6.07 Å². The number of fused-ring (bicyclic) bond motifs is 1. The van der Waals surface area contributed by atoms with E-state index in [4.69, 9.17) is 19.9 Å². The lowest BCUT2D eigenvalue weighted by Crippen LogP contribution is -2.15. The van der Waals surface area contributed by atoms with Gasteiger partial charge >= 0.3 is 0 Å². The van der Waals surface area contributed by atoms with Crippen molar-refractivity contribution in [2.45, 2.75) is 0 Å². The van der Waals surface area contributed by atoms with E-state index in [0.29, 0.717) is 41.9 Å². The van der Waals surface area contributed by atoms with Gasteiger partial charge in [-0.3, -0.25) is 4.98 Å². The molecule has 1 aromatic carbocycles. The van der Waals surface area contributed by atoms with Gasteiger partial charge in [0.25, 0.3) is 0 Å². The van der Waals surface area contributed by atoms with Crippen LogP contribution in [0.1, 0.15) is 0 Å². The average molecular weight is 323 g/mol. The maximum Gasteiger partial charge on any atom is 0.165 e. The third kappa shape index (κ3) is 2.58. The molecule has 2 N–H and O–H groups in total. The molecular formula is C13H11BrN2O3. The molecule has 0 saturated heterocycles. The van der Waals surface area contributed by atoms with Crippen LogP contribution in [-0.2, 0) is 0 Å². The summed E-state index contributed by atoms with van der Waals surface area (Å²) < 4.78 is 17.5. The molecule has 1 aliphatic heterocycles. The first-order chi connectivity index (χ1) is 9.22. The molecule has 0 unspecified atom stereocenters. The molecule has 0 fully saturated rings. The number of rotatable bonds is 2. The van der Waals surface area contributed by atoms with Gasteiger partial charge in [0.05, 0.1) is 11.9 Å². The molecule has 6 heteroatoms. The van der Waals surface area contributed by atoms with Gasteiger partial charge in [-0.2, -0.15) is 0 Å². The number of hydrogen-bond acceptors (Lipinski definition) is 5. The van der Waals surface area contributed by atoms with Crippen LogP contribution >= 0.6 is 15.9 Å².